The summed E-state index contributed by atoms with van der Waals surface area (Å²) in [6.07, 6.45) is 8.92. The Kier molecular flexibility index (Phi) is 5.85. The Bertz CT molecular complexity index is 1080. The third-order valence-corrected chi connectivity index (χ3v) is 9.54. The largest absolute Gasteiger partial charge is 0.394 e. The molecule has 3 unspecified atom stereocenters. The first-order chi connectivity index (χ1) is 16.5. The zero-order valence-electron chi connectivity index (χ0n) is 19.1. The summed E-state index contributed by atoms with van der Waals surface area (Å²) in [4.78, 5) is 23.9. The minimum absolute atomic E-state index is 0.0597. The molecule has 182 valence electrons. The van der Waals surface area contributed by atoms with E-state index in [1.807, 2.05) is 0 Å². The molecule has 3 aliphatic heterocycles. The average molecular weight is 504 g/mol. The molecule has 34 heavy (non-hydrogen) atoms. The Morgan fingerprint density at radius 3 is 2.32 bits per heavy atom. The summed E-state index contributed by atoms with van der Waals surface area (Å²) in [5, 5.41) is 14.1. The number of aromatic nitrogens is 4. The predicted molar refractivity (Wildman–Crippen MR) is 132 cm³/mol. The Hall–Kier alpha value is -2.04. The van der Waals surface area contributed by atoms with E-state index >= 15 is 0 Å². The second-order valence-electron chi connectivity index (χ2n) is 10.1. The number of anilines is 3. The predicted octanol–water partition coefficient (Wildman–Crippen LogP) is 2.26. The summed E-state index contributed by atoms with van der Waals surface area (Å²) in [7, 11) is -1.12. The van der Waals surface area contributed by atoms with Gasteiger partial charge in [0.15, 0.2) is 0 Å². The molecule has 3 atom stereocenters. The van der Waals surface area contributed by atoms with Crippen molar-refractivity contribution in [3.63, 3.8) is 0 Å². The number of aryl methyl sites for hydroxylation is 1. The van der Waals surface area contributed by atoms with Crippen molar-refractivity contribution in [3.05, 3.63) is 23.1 Å². The van der Waals surface area contributed by atoms with Crippen molar-refractivity contribution < 1.29 is 9.32 Å². The highest BCUT2D eigenvalue weighted by Gasteiger charge is 2.43. The van der Waals surface area contributed by atoms with Gasteiger partial charge in [-0.25, -0.2) is 15.0 Å². The van der Waals surface area contributed by atoms with E-state index in [0.29, 0.717) is 28.4 Å². The smallest absolute Gasteiger partial charge is 0.227 e. The number of aliphatic hydroxyl groups excluding tert-OH is 1. The van der Waals surface area contributed by atoms with E-state index in [1.165, 1.54) is 0 Å². The lowest BCUT2D eigenvalue weighted by Gasteiger charge is -2.42. The first-order valence-corrected chi connectivity index (χ1v) is 13.9. The molecule has 4 aliphatic rings. The van der Waals surface area contributed by atoms with Gasteiger partial charge in [0, 0.05) is 43.8 Å². The molecule has 6 rings (SSSR count). The molecule has 0 spiro atoms. The molecule has 2 N–H and O–H groups in total. The molecule has 2 saturated heterocycles. The number of nitrogens with zero attached hydrogens (tertiary/aromatic N) is 6. The van der Waals surface area contributed by atoms with Crippen LogP contribution in [-0.2, 0) is 17.2 Å². The van der Waals surface area contributed by atoms with Gasteiger partial charge in [0.1, 0.15) is 10.7 Å². The highest BCUT2D eigenvalue weighted by molar-refractivity contribution is 7.85. The van der Waals surface area contributed by atoms with Crippen molar-refractivity contribution in [2.45, 2.75) is 49.0 Å². The van der Waals surface area contributed by atoms with E-state index in [0.717, 1.165) is 87.2 Å². The minimum Gasteiger partial charge on any atom is -0.394 e. The van der Waals surface area contributed by atoms with Crippen LogP contribution in [-0.4, -0.2) is 73.3 Å². The molecule has 2 aromatic rings. The second kappa shape index (κ2) is 8.87. The molecule has 1 saturated carbocycles. The maximum Gasteiger partial charge on any atom is 0.227 e. The van der Waals surface area contributed by atoms with Crippen LogP contribution in [0.15, 0.2) is 17.3 Å². The van der Waals surface area contributed by atoms with Gasteiger partial charge >= 0.3 is 0 Å². The van der Waals surface area contributed by atoms with Crippen LogP contribution >= 0.6 is 11.6 Å². The van der Waals surface area contributed by atoms with Crippen molar-refractivity contribution in [3.8, 4) is 0 Å². The third kappa shape index (κ3) is 4.03. The number of halogens is 1. The van der Waals surface area contributed by atoms with Crippen LogP contribution in [0.1, 0.15) is 37.8 Å². The molecular weight excluding hydrogens is 474 g/mol. The SMILES string of the molecule is O=S1CCCCc2nc(N3CC4CN(c5ncc(Cl)cn5)CC4C3)nc(NC3(CO)CCC3)c21. The Labute approximate surface area is 206 Å². The maximum atomic E-state index is 13.1. The first kappa shape index (κ1) is 22.4. The fourth-order valence-corrected chi connectivity index (χ4v) is 7.20. The molecular formula is C23H30ClN7O2S. The molecule has 5 heterocycles. The van der Waals surface area contributed by atoms with Gasteiger partial charge in [-0.05, 0) is 38.5 Å². The molecule has 9 nitrogen and oxygen atoms in total. The van der Waals surface area contributed by atoms with Crippen molar-refractivity contribution in [2.75, 3.05) is 53.7 Å². The third-order valence-electron chi connectivity index (χ3n) is 7.80. The van der Waals surface area contributed by atoms with Crippen molar-refractivity contribution >= 4 is 40.1 Å². The van der Waals surface area contributed by atoms with Gasteiger partial charge in [0.25, 0.3) is 0 Å². The average Bonchev–Trinajstić information content (AvgIpc) is 3.33. The second-order valence-corrected chi connectivity index (χ2v) is 12.0. The lowest BCUT2D eigenvalue weighted by atomic mass is 9.77. The van der Waals surface area contributed by atoms with Gasteiger partial charge in [-0.15, -0.1) is 0 Å². The number of fused-ring (bicyclic) bond motifs is 2. The first-order valence-electron chi connectivity index (χ1n) is 12.2. The van der Waals surface area contributed by atoms with Crippen LogP contribution < -0.4 is 15.1 Å². The Morgan fingerprint density at radius 1 is 1.03 bits per heavy atom. The van der Waals surface area contributed by atoms with Crippen LogP contribution in [0.4, 0.5) is 17.7 Å². The van der Waals surface area contributed by atoms with E-state index in [-0.39, 0.29) is 12.1 Å². The van der Waals surface area contributed by atoms with Crippen LogP contribution in [0.25, 0.3) is 0 Å². The van der Waals surface area contributed by atoms with E-state index in [9.17, 15) is 9.32 Å². The fraction of sp³-hybridized carbons (Fsp3) is 0.652. The van der Waals surface area contributed by atoms with Crippen molar-refractivity contribution in [1.29, 1.82) is 0 Å². The zero-order valence-corrected chi connectivity index (χ0v) is 20.7. The molecule has 0 aromatic carbocycles. The number of aliphatic hydroxyl groups is 1. The van der Waals surface area contributed by atoms with Gasteiger partial charge in [0.2, 0.25) is 11.9 Å². The van der Waals surface area contributed by atoms with E-state index in [1.54, 1.807) is 12.4 Å². The van der Waals surface area contributed by atoms with Crippen molar-refractivity contribution in [2.24, 2.45) is 11.8 Å². The molecule has 0 radical (unpaired) electrons. The Morgan fingerprint density at radius 2 is 1.71 bits per heavy atom. The van der Waals surface area contributed by atoms with Gasteiger partial charge < -0.3 is 20.2 Å². The summed E-state index contributed by atoms with van der Waals surface area (Å²) < 4.78 is 13.1. The summed E-state index contributed by atoms with van der Waals surface area (Å²) in [6, 6.07) is 0. The Balaban J connectivity index is 1.25. The summed E-state index contributed by atoms with van der Waals surface area (Å²) in [5.74, 6) is 3.74. The molecule has 0 amide bonds. The maximum absolute atomic E-state index is 13.1. The van der Waals surface area contributed by atoms with Crippen LogP contribution in [0.5, 0.6) is 0 Å². The number of nitrogens with one attached hydrogen (secondary N) is 1. The highest BCUT2D eigenvalue weighted by Crippen LogP contribution is 2.39. The molecule has 1 aliphatic carbocycles. The molecule has 11 heteroatoms. The lowest BCUT2D eigenvalue weighted by molar-refractivity contribution is 0.143. The summed E-state index contributed by atoms with van der Waals surface area (Å²) >= 11 is 5.94. The quantitative estimate of drug-likeness (QED) is 0.635. The van der Waals surface area contributed by atoms with E-state index in [2.05, 4.69) is 25.1 Å². The fourth-order valence-electron chi connectivity index (χ4n) is 5.71. The minimum atomic E-state index is -1.12. The number of hydrogen-bond donors (Lipinski definition) is 2. The highest BCUT2D eigenvalue weighted by atomic mass is 35.5. The van der Waals surface area contributed by atoms with Gasteiger partial charge in [-0.2, -0.15) is 4.98 Å². The van der Waals surface area contributed by atoms with Crippen LogP contribution in [0.3, 0.4) is 0 Å². The van der Waals surface area contributed by atoms with Gasteiger partial charge in [-0.3, -0.25) is 4.21 Å². The van der Waals surface area contributed by atoms with Crippen LogP contribution in [0.2, 0.25) is 5.02 Å². The lowest BCUT2D eigenvalue weighted by Crippen LogP contribution is -2.49. The van der Waals surface area contributed by atoms with Crippen molar-refractivity contribution in [1.82, 2.24) is 19.9 Å². The van der Waals surface area contributed by atoms with Gasteiger partial charge in [-0.1, -0.05) is 11.6 Å². The topological polar surface area (TPSA) is 107 Å². The molecule has 0 bridgehead atoms. The molecule has 3 fully saturated rings. The monoisotopic (exact) mass is 503 g/mol. The van der Waals surface area contributed by atoms with E-state index in [4.69, 9.17) is 21.6 Å². The standard InChI is InChI=1S/C23H30ClN7O2S/c24-17-8-25-21(26-9-17)30-10-15-12-31(13-16(15)11-30)22-27-18-4-1-2-7-34(33)19(18)20(28-22)29-23(14-32)5-3-6-23/h8-9,15-16,32H,1-7,10-14H2,(H,27,28,29). The van der Waals surface area contributed by atoms with Crippen LogP contribution in [0, 0.1) is 11.8 Å². The summed E-state index contributed by atoms with van der Waals surface area (Å²) in [6.45, 7) is 3.61. The molecule has 2 aromatic heterocycles. The summed E-state index contributed by atoms with van der Waals surface area (Å²) in [5.41, 5.74) is 0.556. The zero-order chi connectivity index (χ0) is 23.3. The number of hydrogen-bond acceptors (Lipinski definition) is 9. The van der Waals surface area contributed by atoms with Gasteiger partial charge in [0.05, 0.1) is 46.1 Å². The number of rotatable bonds is 5. The normalized spacial score (nSPS) is 27.6. The van der Waals surface area contributed by atoms with E-state index < -0.39 is 10.8 Å².